The summed E-state index contributed by atoms with van der Waals surface area (Å²) in [6.07, 6.45) is 0.679. The number of likely N-dealkylation sites (N-methyl/N-ethyl adjacent to an activating group) is 1. The summed E-state index contributed by atoms with van der Waals surface area (Å²) in [4.78, 5) is 29.0. The largest absolute Gasteiger partial charge is 0.379 e. The van der Waals surface area contributed by atoms with E-state index in [1.165, 1.54) is 4.90 Å². The predicted molar refractivity (Wildman–Crippen MR) is 66.2 cm³/mol. The molecule has 18 heavy (non-hydrogen) atoms. The molecular weight excluding hydrogens is 234 g/mol. The molecule has 6 nitrogen and oxygen atoms in total. The Bertz CT molecular complexity index is 329. The molecule has 0 saturated carbocycles. The van der Waals surface area contributed by atoms with Crippen LogP contribution in [0.3, 0.4) is 0 Å². The third-order valence-electron chi connectivity index (χ3n) is 3.67. The van der Waals surface area contributed by atoms with Gasteiger partial charge in [-0.1, -0.05) is 6.92 Å². The molecule has 2 aliphatic rings. The molecule has 0 aromatic rings. The smallest absolute Gasteiger partial charge is 0.327 e. The summed E-state index contributed by atoms with van der Waals surface area (Å²) in [5, 5.41) is 0. The summed E-state index contributed by atoms with van der Waals surface area (Å²) < 4.78 is 5.28. The third-order valence-corrected chi connectivity index (χ3v) is 3.67. The number of ether oxygens (including phenoxy) is 1. The van der Waals surface area contributed by atoms with E-state index >= 15 is 0 Å². The zero-order valence-corrected chi connectivity index (χ0v) is 11.1. The van der Waals surface area contributed by atoms with Crippen molar-refractivity contribution in [1.29, 1.82) is 0 Å². The number of rotatable bonds is 4. The van der Waals surface area contributed by atoms with Crippen LogP contribution in [-0.2, 0) is 9.53 Å². The van der Waals surface area contributed by atoms with Crippen LogP contribution in [0.25, 0.3) is 0 Å². The molecule has 6 heteroatoms. The van der Waals surface area contributed by atoms with Crippen LogP contribution in [0.15, 0.2) is 0 Å². The molecule has 102 valence electrons. The Morgan fingerprint density at radius 3 is 2.50 bits per heavy atom. The first-order chi connectivity index (χ1) is 8.65. The topological polar surface area (TPSA) is 53.1 Å². The molecule has 2 rings (SSSR count). The van der Waals surface area contributed by atoms with E-state index < -0.39 is 0 Å². The fourth-order valence-corrected chi connectivity index (χ4v) is 2.50. The maximum atomic E-state index is 11.9. The Labute approximate surface area is 107 Å². The van der Waals surface area contributed by atoms with E-state index in [2.05, 4.69) is 4.90 Å². The molecule has 2 heterocycles. The molecule has 2 aliphatic heterocycles. The normalized spacial score (nSPS) is 26.2. The van der Waals surface area contributed by atoms with Crippen molar-refractivity contribution in [1.82, 2.24) is 14.7 Å². The first kappa shape index (κ1) is 13.3. The van der Waals surface area contributed by atoms with Crippen molar-refractivity contribution in [2.45, 2.75) is 19.4 Å². The van der Waals surface area contributed by atoms with Crippen molar-refractivity contribution in [3.63, 3.8) is 0 Å². The van der Waals surface area contributed by atoms with Gasteiger partial charge in [0.05, 0.1) is 13.2 Å². The lowest BCUT2D eigenvalue weighted by atomic mass is 10.2. The van der Waals surface area contributed by atoms with E-state index in [9.17, 15) is 9.59 Å². The van der Waals surface area contributed by atoms with Crippen LogP contribution in [0.2, 0.25) is 0 Å². The van der Waals surface area contributed by atoms with Crippen LogP contribution in [0.5, 0.6) is 0 Å². The van der Waals surface area contributed by atoms with Crippen LogP contribution in [0, 0.1) is 0 Å². The summed E-state index contributed by atoms with van der Waals surface area (Å²) in [5.41, 5.74) is 0. The van der Waals surface area contributed by atoms with Crippen LogP contribution >= 0.6 is 0 Å². The minimum Gasteiger partial charge on any atom is -0.379 e. The van der Waals surface area contributed by atoms with E-state index in [1.54, 1.807) is 11.9 Å². The average molecular weight is 255 g/mol. The highest BCUT2D eigenvalue weighted by Crippen LogP contribution is 2.18. The van der Waals surface area contributed by atoms with Gasteiger partial charge in [0.2, 0.25) is 0 Å². The Hall–Kier alpha value is -1.14. The fraction of sp³-hybridized carbons (Fsp3) is 0.833. The quantitative estimate of drug-likeness (QED) is 0.663. The van der Waals surface area contributed by atoms with Gasteiger partial charge < -0.3 is 9.64 Å². The van der Waals surface area contributed by atoms with Gasteiger partial charge in [0.1, 0.15) is 6.04 Å². The Kier molecular flexibility index (Phi) is 4.19. The highest BCUT2D eigenvalue weighted by Gasteiger charge is 2.41. The predicted octanol–water partition coefficient (Wildman–Crippen LogP) is -0.00880. The third kappa shape index (κ3) is 2.49. The molecule has 0 bridgehead atoms. The Balaban J connectivity index is 1.90. The lowest BCUT2D eigenvalue weighted by Crippen LogP contribution is -2.44. The standard InChI is InChI=1S/C12H21N3O3/c1-3-10-11(16)13(2)12(17)15(10)5-4-14-6-8-18-9-7-14/h10H,3-9H2,1-2H3/t10-/m0/s1. The van der Waals surface area contributed by atoms with Crippen molar-refractivity contribution in [3.05, 3.63) is 0 Å². The van der Waals surface area contributed by atoms with E-state index in [1.807, 2.05) is 6.92 Å². The van der Waals surface area contributed by atoms with Crippen molar-refractivity contribution < 1.29 is 14.3 Å². The molecule has 0 radical (unpaired) electrons. The van der Waals surface area contributed by atoms with Crippen molar-refractivity contribution >= 4 is 11.9 Å². The van der Waals surface area contributed by atoms with E-state index in [0.717, 1.165) is 32.8 Å². The minimum atomic E-state index is -0.274. The zero-order chi connectivity index (χ0) is 13.1. The number of nitrogens with zero attached hydrogens (tertiary/aromatic N) is 3. The van der Waals surface area contributed by atoms with Gasteiger partial charge in [-0.3, -0.25) is 14.6 Å². The molecule has 2 saturated heterocycles. The average Bonchev–Trinajstić information content (AvgIpc) is 2.61. The number of carbonyl (C=O) groups excluding carboxylic acids is 2. The van der Waals surface area contributed by atoms with Crippen molar-refractivity contribution in [2.75, 3.05) is 46.4 Å². The lowest BCUT2D eigenvalue weighted by molar-refractivity contribution is -0.127. The fourth-order valence-electron chi connectivity index (χ4n) is 2.50. The molecule has 0 aromatic heterocycles. The van der Waals surface area contributed by atoms with Gasteiger partial charge in [-0.25, -0.2) is 4.79 Å². The SMILES string of the molecule is CC[C@H]1C(=O)N(C)C(=O)N1CCN1CCOCC1. The number of hydrogen-bond donors (Lipinski definition) is 0. The second-order valence-electron chi connectivity index (χ2n) is 4.75. The molecule has 0 aromatic carbocycles. The first-order valence-corrected chi connectivity index (χ1v) is 6.53. The number of carbonyl (C=O) groups is 2. The van der Waals surface area contributed by atoms with Gasteiger partial charge in [-0.2, -0.15) is 0 Å². The zero-order valence-electron chi connectivity index (χ0n) is 11.1. The molecule has 3 amide bonds. The van der Waals surface area contributed by atoms with Gasteiger partial charge >= 0.3 is 6.03 Å². The van der Waals surface area contributed by atoms with Gasteiger partial charge in [0.15, 0.2) is 0 Å². The number of imide groups is 1. The molecule has 1 atom stereocenters. The van der Waals surface area contributed by atoms with Crippen LogP contribution in [0.1, 0.15) is 13.3 Å². The van der Waals surface area contributed by atoms with Gasteiger partial charge in [-0.15, -0.1) is 0 Å². The second-order valence-corrected chi connectivity index (χ2v) is 4.75. The summed E-state index contributed by atoms with van der Waals surface area (Å²) in [5.74, 6) is -0.0792. The number of urea groups is 1. The first-order valence-electron chi connectivity index (χ1n) is 6.53. The molecule has 0 N–H and O–H groups in total. The molecule has 0 unspecified atom stereocenters. The molecule has 0 spiro atoms. The summed E-state index contributed by atoms with van der Waals surface area (Å²) in [7, 11) is 1.56. The number of morpholine rings is 1. The lowest BCUT2D eigenvalue weighted by Gasteiger charge is -2.29. The number of hydrogen-bond acceptors (Lipinski definition) is 4. The molecule has 0 aliphatic carbocycles. The Morgan fingerprint density at radius 2 is 1.89 bits per heavy atom. The second kappa shape index (κ2) is 5.67. The minimum absolute atomic E-state index is 0.0792. The van der Waals surface area contributed by atoms with E-state index in [4.69, 9.17) is 4.74 Å². The highest BCUT2D eigenvalue weighted by molar-refractivity contribution is 6.03. The summed E-state index contributed by atoms with van der Waals surface area (Å²) in [6, 6.07) is -0.441. The monoisotopic (exact) mass is 255 g/mol. The van der Waals surface area contributed by atoms with Crippen LogP contribution in [-0.4, -0.2) is 79.1 Å². The highest BCUT2D eigenvalue weighted by atomic mass is 16.5. The van der Waals surface area contributed by atoms with Crippen LogP contribution in [0.4, 0.5) is 4.79 Å². The molecule has 2 fully saturated rings. The van der Waals surface area contributed by atoms with Gasteiger partial charge in [0, 0.05) is 33.2 Å². The summed E-state index contributed by atoms with van der Waals surface area (Å²) >= 11 is 0. The van der Waals surface area contributed by atoms with Gasteiger partial charge in [0.25, 0.3) is 5.91 Å². The van der Waals surface area contributed by atoms with Crippen molar-refractivity contribution in [2.24, 2.45) is 0 Å². The maximum Gasteiger partial charge on any atom is 0.327 e. The maximum absolute atomic E-state index is 11.9. The van der Waals surface area contributed by atoms with Gasteiger partial charge in [-0.05, 0) is 6.42 Å². The van der Waals surface area contributed by atoms with E-state index in [-0.39, 0.29) is 18.0 Å². The number of amides is 3. The van der Waals surface area contributed by atoms with Crippen LogP contribution < -0.4 is 0 Å². The summed E-state index contributed by atoms with van der Waals surface area (Å²) in [6.45, 7) is 6.69. The van der Waals surface area contributed by atoms with Crippen molar-refractivity contribution in [3.8, 4) is 0 Å². The van der Waals surface area contributed by atoms with E-state index in [0.29, 0.717) is 13.0 Å². The molecular formula is C12H21N3O3. The Morgan fingerprint density at radius 1 is 1.22 bits per heavy atom.